The fourth-order valence-corrected chi connectivity index (χ4v) is 4.29. The summed E-state index contributed by atoms with van der Waals surface area (Å²) in [4.78, 5) is 22.9. The number of benzene rings is 3. The molecule has 0 amide bonds. The minimum atomic E-state index is 0.663. The molecular weight excluding hydrogens is 418 g/mol. The van der Waals surface area contributed by atoms with Crippen molar-refractivity contribution >= 4 is 21.8 Å². The van der Waals surface area contributed by atoms with Gasteiger partial charge in [-0.25, -0.2) is 15.0 Å². The van der Waals surface area contributed by atoms with Gasteiger partial charge in [0.15, 0.2) is 5.82 Å². The van der Waals surface area contributed by atoms with Crippen LogP contribution in [0.1, 0.15) is 11.6 Å². The highest BCUT2D eigenvalue weighted by Crippen LogP contribution is 2.33. The molecule has 0 aliphatic heterocycles. The molecule has 6 aromatic rings. The maximum Gasteiger partial charge on any atom is 0.163 e. The molecule has 162 valence electrons. The third kappa shape index (κ3) is 3.77. The molecule has 0 saturated heterocycles. The number of fused-ring (bicyclic) bond motifs is 2. The minimum Gasteiger partial charge on any atom is -0.256 e. The van der Waals surface area contributed by atoms with E-state index in [0.29, 0.717) is 17.5 Å². The highest BCUT2D eigenvalue weighted by Gasteiger charge is 2.12. The van der Waals surface area contributed by atoms with Gasteiger partial charge in [0.1, 0.15) is 11.6 Å². The van der Waals surface area contributed by atoms with E-state index in [9.17, 15) is 0 Å². The van der Waals surface area contributed by atoms with Crippen molar-refractivity contribution in [1.82, 2.24) is 24.9 Å². The van der Waals surface area contributed by atoms with E-state index in [2.05, 4.69) is 67.4 Å². The summed E-state index contributed by atoms with van der Waals surface area (Å²) in [7, 11) is 0. The molecule has 0 saturated carbocycles. The Labute approximate surface area is 197 Å². The third-order valence-corrected chi connectivity index (χ3v) is 5.90. The fraction of sp³-hybridized carbons (Fsp3) is 0.0690. The van der Waals surface area contributed by atoms with Gasteiger partial charge in [-0.3, -0.25) is 9.97 Å². The highest BCUT2D eigenvalue weighted by molar-refractivity contribution is 5.88. The molecular formula is C29H21N5. The van der Waals surface area contributed by atoms with Crippen LogP contribution in [0.2, 0.25) is 0 Å². The summed E-state index contributed by atoms with van der Waals surface area (Å²) in [5, 5.41) is 2.21. The van der Waals surface area contributed by atoms with Crippen LogP contribution >= 0.6 is 0 Å². The van der Waals surface area contributed by atoms with E-state index in [1.54, 1.807) is 0 Å². The normalized spacial score (nSPS) is 11.2. The molecule has 0 fully saturated rings. The first kappa shape index (κ1) is 20.1. The van der Waals surface area contributed by atoms with E-state index in [-0.39, 0.29) is 0 Å². The molecule has 3 aromatic heterocycles. The van der Waals surface area contributed by atoms with E-state index in [4.69, 9.17) is 0 Å². The van der Waals surface area contributed by atoms with Crippen molar-refractivity contribution in [3.05, 3.63) is 103 Å². The molecule has 5 nitrogen and oxygen atoms in total. The monoisotopic (exact) mass is 439 g/mol. The van der Waals surface area contributed by atoms with Gasteiger partial charge in [0.2, 0.25) is 0 Å². The summed E-state index contributed by atoms with van der Waals surface area (Å²) in [5.41, 5.74) is 7.07. The van der Waals surface area contributed by atoms with E-state index in [1.165, 1.54) is 0 Å². The molecule has 0 aliphatic carbocycles. The highest BCUT2D eigenvalue weighted by atomic mass is 15.0. The quantitative estimate of drug-likeness (QED) is 0.311. The van der Waals surface area contributed by atoms with E-state index >= 15 is 0 Å². The lowest BCUT2D eigenvalue weighted by Crippen LogP contribution is -1.99. The van der Waals surface area contributed by atoms with Crippen molar-refractivity contribution in [1.29, 1.82) is 0 Å². The molecule has 0 bridgehead atoms. The summed E-state index contributed by atoms with van der Waals surface area (Å²) in [6.45, 7) is 3.78. The second kappa shape index (κ2) is 8.12. The minimum absolute atomic E-state index is 0.663. The Kier molecular flexibility index (Phi) is 4.81. The van der Waals surface area contributed by atoms with E-state index in [1.807, 2.05) is 62.6 Å². The van der Waals surface area contributed by atoms with Crippen molar-refractivity contribution < 1.29 is 0 Å². The number of hydrogen-bond acceptors (Lipinski definition) is 5. The van der Waals surface area contributed by atoms with Crippen LogP contribution in [-0.2, 0) is 0 Å². The number of aryl methyl sites for hydroxylation is 2. The van der Waals surface area contributed by atoms with E-state index in [0.717, 1.165) is 49.6 Å². The molecule has 6 rings (SSSR count). The van der Waals surface area contributed by atoms with Gasteiger partial charge in [-0.05, 0) is 67.4 Å². The van der Waals surface area contributed by atoms with Gasteiger partial charge in [-0.2, -0.15) is 0 Å². The van der Waals surface area contributed by atoms with Gasteiger partial charge in [-0.15, -0.1) is 0 Å². The molecule has 0 radical (unpaired) electrons. The number of nitrogens with zero attached hydrogens (tertiary/aromatic N) is 5. The molecule has 0 aliphatic rings. The fourth-order valence-electron chi connectivity index (χ4n) is 4.29. The van der Waals surface area contributed by atoms with E-state index < -0.39 is 0 Å². The first-order valence-corrected chi connectivity index (χ1v) is 11.2. The summed E-state index contributed by atoms with van der Waals surface area (Å²) in [6.07, 6.45) is 3.85. The number of hydrogen-bond donors (Lipinski definition) is 0. The molecule has 5 heteroatoms. The number of pyridine rings is 2. The first-order chi connectivity index (χ1) is 16.6. The van der Waals surface area contributed by atoms with Crippen LogP contribution in [0.4, 0.5) is 0 Å². The lowest BCUT2D eigenvalue weighted by Gasteiger charge is -2.12. The van der Waals surface area contributed by atoms with Gasteiger partial charge in [0.05, 0.1) is 11.0 Å². The Balaban J connectivity index is 1.58. The van der Waals surface area contributed by atoms with Crippen LogP contribution in [0.3, 0.4) is 0 Å². The van der Waals surface area contributed by atoms with Crippen molar-refractivity contribution in [2.24, 2.45) is 0 Å². The zero-order chi connectivity index (χ0) is 23.1. The van der Waals surface area contributed by atoms with Crippen molar-refractivity contribution in [2.45, 2.75) is 13.8 Å². The summed E-state index contributed by atoms with van der Waals surface area (Å²) >= 11 is 0. The smallest absolute Gasteiger partial charge is 0.163 e. The van der Waals surface area contributed by atoms with Crippen molar-refractivity contribution in [2.75, 3.05) is 0 Å². The van der Waals surface area contributed by atoms with Crippen LogP contribution in [0.25, 0.3) is 55.4 Å². The van der Waals surface area contributed by atoms with Crippen LogP contribution < -0.4 is 0 Å². The van der Waals surface area contributed by atoms with Crippen LogP contribution in [0, 0.1) is 13.8 Å². The molecule has 3 aromatic carbocycles. The molecule has 0 N–H and O–H groups in total. The van der Waals surface area contributed by atoms with Gasteiger partial charge in [0.25, 0.3) is 0 Å². The number of para-hydroxylation sites is 2. The molecule has 3 heterocycles. The van der Waals surface area contributed by atoms with Crippen molar-refractivity contribution in [3.63, 3.8) is 0 Å². The molecule has 0 spiro atoms. The predicted octanol–water partition coefficient (Wildman–Crippen LogP) is 6.59. The molecule has 0 unspecified atom stereocenters. The molecule has 0 atom stereocenters. The van der Waals surface area contributed by atoms with Gasteiger partial charge in [0, 0.05) is 39.9 Å². The number of aromatic nitrogens is 5. The first-order valence-electron chi connectivity index (χ1n) is 11.2. The standard InChI is InChI=1S/C29H21N5/c1-18-32-19(2)34-29(33-18)24-14-22(25-11-20-7-3-5-9-27(20)30-16-25)13-23(15-24)26-12-21-8-4-6-10-28(21)31-17-26/h3-17H,1-2H3. The largest absolute Gasteiger partial charge is 0.256 e. The lowest BCUT2D eigenvalue weighted by molar-refractivity contribution is 0.928. The van der Waals surface area contributed by atoms with Crippen LogP contribution in [-0.4, -0.2) is 24.9 Å². The topological polar surface area (TPSA) is 64.5 Å². The maximum absolute atomic E-state index is 4.68. The number of rotatable bonds is 3. The van der Waals surface area contributed by atoms with Crippen molar-refractivity contribution in [3.8, 4) is 33.6 Å². The average Bonchev–Trinajstić information content (AvgIpc) is 2.87. The van der Waals surface area contributed by atoms with Gasteiger partial charge < -0.3 is 0 Å². The lowest BCUT2D eigenvalue weighted by atomic mass is 9.96. The summed E-state index contributed by atoms with van der Waals surface area (Å²) < 4.78 is 0. The third-order valence-electron chi connectivity index (χ3n) is 5.90. The Bertz CT molecular complexity index is 1570. The second-order valence-electron chi connectivity index (χ2n) is 8.39. The Morgan fingerprint density at radius 2 is 0.941 bits per heavy atom. The van der Waals surface area contributed by atoms with Gasteiger partial charge in [-0.1, -0.05) is 36.4 Å². The summed E-state index contributed by atoms with van der Waals surface area (Å²) in [5.74, 6) is 2.07. The zero-order valence-electron chi connectivity index (χ0n) is 18.9. The second-order valence-corrected chi connectivity index (χ2v) is 8.39. The Morgan fingerprint density at radius 3 is 1.47 bits per heavy atom. The SMILES string of the molecule is Cc1nc(C)nc(-c2cc(-c3cnc4ccccc4c3)cc(-c3cnc4ccccc4c3)c2)n1. The Morgan fingerprint density at radius 1 is 0.471 bits per heavy atom. The average molecular weight is 440 g/mol. The van der Waals surface area contributed by atoms with Crippen LogP contribution in [0.5, 0.6) is 0 Å². The van der Waals surface area contributed by atoms with Gasteiger partial charge >= 0.3 is 0 Å². The zero-order valence-corrected chi connectivity index (χ0v) is 18.9. The Hall–Kier alpha value is -4.51. The predicted molar refractivity (Wildman–Crippen MR) is 136 cm³/mol. The summed E-state index contributed by atoms with van der Waals surface area (Å²) in [6, 6.07) is 27.1. The maximum atomic E-state index is 4.68. The molecule has 34 heavy (non-hydrogen) atoms. The van der Waals surface area contributed by atoms with Crippen LogP contribution in [0.15, 0.2) is 91.3 Å².